The number of fused-ring (bicyclic) bond motifs is 3. The lowest BCUT2D eigenvalue weighted by atomic mass is 9.91. The number of halogens is 4. The summed E-state index contributed by atoms with van der Waals surface area (Å²) in [5, 5.41) is 3.38. The van der Waals surface area contributed by atoms with Crippen molar-refractivity contribution < 1.29 is 27.4 Å². The van der Waals surface area contributed by atoms with Crippen molar-refractivity contribution in [1.29, 1.82) is 0 Å². The van der Waals surface area contributed by atoms with Crippen LogP contribution < -0.4 is 10.1 Å². The van der Waals surface area contributed by atoms with E-state index in [9.17, 15) is 18.0 Å². The van der Waals surface area contributed by atoms with Gasteiger partial charge in [0.05, 0.1) is 47.9 Å². The minimum Gasteiger partial charge on any atom is -0.489 e. The highest BCUT2D eigenvalue weighted by molar-refractivity contribution is 6.33. The van der Waals surface area contributed by atoms with Crippen LogP contribution in [0.2, 0.25) is 5.02 Å². The fourth-order valence-corrected chi connectivity index (χ4v) is 4.36. The van der Waals surface area contributed by atoms with E-state index in [0.29, 0.717) is 60.7 Å². The van der Waals surface area contributed by atoms with Crippen molar-refractivity contribution in [2.45, 2.75) is 64.4 Å². The molecule has 1 aliphatic carbocycles. The molecule has 10 heteroatoms. The summed E-state index contributed by atoms with van der Waals surface area (Å²) in [6, 6.07) is 3.27. The van der Waals surface area contributed by atoms with E-state index in [1.165, 1.54) is 0 Å². The van der Waals surface area contributed by atoms with Crippen LogP contribution in [0.15, 0.2) is 24.7 Å². The van der Waals surface area contributed by atoms with Crippen molar-refractivity contribution >= 4 is 17.5 Å². The van der Waals surface area contributed by atoms with Crippen LogP contribution in [-0.4, -0.2) is 47.0 Å². The molecule has 0 atom stereocenters. The molecule has 6 nitrogen and oxygen atoms in total. The number of ether oxygens (including phenoxy) is 2. The zero-order valence-electron chi connectivity index (χ0n) is 18.5. The number of alkyl halides is 3. The number of nitrogens with zero attached hydrogens (tertiary/aromatic N) is 2. The van der Waals surface area contributed by atoms with Crippen LogP contribution in [0.3, 0.4) is 0 Å². The molecule has 1 N–H and O–H groups in total. The van der Waals surface area contributed by atoms with Gasteiger partial charge in [0.1, 0.15) is 12.4 Å². The molecular formula is C23H27ClF3N3O3. The predicted octanol–water partition coefficient (Wildman–Crippen LogP) is 5.24. The van der Waals surface area contributed by atoms with Crippen LogP contribution >= 0.6 is 11.6 Å². The van der Waals surface area contributed by atoms with E-state index in [2.05, 4.69) is 10.3 Å². The first-order chi connectivity index (χ1) is 15.5. The first-order valence-corrected chi connectivity index (χ1v) is 11.4. The van der Waals surface area contributed by atoms with Crippen LogP contribution in [0.4, 0.5) is 13.2 Å². The molecule has 0 spiro atoms. The van der Waals surface area contributed by atoms with Crippen LogP contribution in [0, 0.1) is 5.41 Å². The van der Waals surface area contributed by atoms with Gasteiger partial charge in [0.25, 0.3) is 5.91 Å². The summed E-state index contributed by atoms with van der Waals surface area (Å²) in [4.78, 5) is 17.1. The molecular weight excluding hydrogens is 459 g/mol. The number of nitrogens with one attached hydrogen (secondary N) is 1. The molecule has 1 saturated carbocycles. The van der Waals surface area contributed by atoms with E-state index in [1.807, 2.05) is 4.57 Å². The van der Waals surface area contributed by atoms with E-state index >= 15 is 0 Å². The highest BCUT2D eigenvalue weighted by Crippen LogP contribution is 2.40. The average molecular weight is 486 g/mol. The minimum atomic E-state index is -4.31. The Morgan fingerprint density at radius 2 is 2.00 bits per heavy atom. The highest BCUT2D eigenvalue weighted by atomic mass is 35.5. The topological polar surface area (TPSA) is 65.4 Å². The summed E-state index contributed by atoms with van der Waals surface area (Å²) in [7, 11) is 0. The highest BCUT2D eigenvalue weighted by Gasteiger charge is 2.47. The predicted molar refractivity (Wildman–Crippen MR) is 117 cm³/mol. The summed E-state index contributed by atoms with van der Waals surface area (Å²) in [5.41, 5.74) is 0.0784. The van der Waals surface area contributed by atoms with E-state index in [0.717, 1.165) is 19.5 Å². The van der Waals surface area contributed by atoms with Crippen LogP contribution in [0.1, 0.15) is 49.9 Å². The van der Waals surface area contributed by atoms with Gasteiger partial charge in [-0.2, -0.15) is 13.2 Å². The van der Waals surface area contributed by atoms with Gasteiger partial charge in [-0.05, 0) is 51.7 Å². The molecule has 2 heterocycles. The van der Waals surface area contributed by atoms with Crippen LogP contribution in [0.5, 0.6) is 5.75 Å². The molecule has 0 unspecified atom stereocenters. The molecule has 180 valence electrons. The van der Waals surface area contributed by atoms with Crippen LogP contribution in [0.25, 0.3) is 11.3 Å². The summed E-state index contributed by atoms with van der Waals surface area (Å²) in [5.74, 6) is 0.282. The molecule has 2 aliphatic rings. The lowest BCUT2D eigenvalue weighted by Gasteiger charge is -2.33. The molecule has 4 rings (SSSR count). The van der Waals surface area contributed by atoms with Gasteiger partial charge in [-0.15, -0.1) is 0 Å². The smallest absolute Gasteiger partial charge is 0.396 e. The third kappa shape index (κ3) is 5.14. The Kier molecular flexibility index (Phi) is 6.64. The summed E-state index contributed by atoms with van der Waals surface area (Å²) in [6.45, 7) is 3.00. The van der Waals surface area contributed by atoms with E-state index in [1.54, 1.807) is 24.7 Å². The maximum Gasteiger partial charge on any atom is 0.396 e. The number of hydrogen-bond donors (Lipinski definition) is 1. The van der Waals surface area contributed by atoms with E-state index < -0.39 is 11.6 Å². The fourth-order valence-electron chi connectivity index (χ4n) is 4.08. The summed E-state index contributed by atoms with van der Waals surface area (Å²) >= 11 is 6.43. The average Bonchev–Trinajstić information content (AvgIpc) is 3.14. The van der Waals surface area contributed by atoms with Gasteiger partial charge in [0, 0.05) is 17.2 Å². The monoisotopic (exact) mass is 485 g/mol. The Labute approximate surface area is 195 Å². The molecule has 0 radical (unpaired) electrons. The zero-order chi connectivity index (χ0) is 23.8. The van der Waals surface area contributed by atoms with Crippen LogP contribution in [-0.2, 0) is 11.3 Å². The Morgan fingerprint density at radius 1 is 1.27 bits per heavy atom. The SMILES string of the molecule is CC(C)(COC1CCC(NC(=O)c2cc(Cl)c3c(c2)-c2cncn2CCO3)CC1)C(F)(F)F. The summed E-state index contributed by atoms with van der Waals surface area (Å²) < 4.78 is 52.4. The number of carbonyl (C=O) groups is 1. The Bertz CT molecular complexity index is 1010. The number of aromatic nitrogens is 2. The second-order valence-corrected chi connectivity index (χ2v) is 9.70. The van der Waals surface area contributed by atoms with Gasteiger partial charge < -0.3 is 19.4 Å². The maximum atomic E-state index is 13.0. The number of imidazole rings is 1. The molecule has 1 aliphatic heterocycles. The standard InChI is InChI=1S/C23H27ClF3N3O3/c1-22(2,23(25,26)27)12-33-16-5-3-15(4-6-16)29-21(31)14-9-17-19-11-28-13-30(19)7-8-32-20(17)18(24)10-14/h9-11,13,15-16H,3-8,12H2,1-2H3,(H,29,31). The molecule has 0 saturated heterocycles. The van der Waals surface area contributed by atoms with Crippen molar-refractivity contribution in [2.24, 2.45) is 5.41 Å². The normalized spacial score (nSPS) is 20.9. The molecule has 2 aromatic rings. The number of carbonyl (C=O) groups excluding carboxylic acids is 1. The lowest BCUT2D eigenvalue weighted by molar-refractivity contribution is -0.231. The van der Waals surface area contributed by atoms with Gasteiger partial charge in [0.15, 0.2) is 0 Å². The van der Waals surface area contributed by atoms with E-state index in [4.69, 9.17) is 21.1 Å². The van der Waals surface area contributed by atoms with E-state index in [-0.39, 0.29) is 24.7 Å². The molecule has 1 aromatic heterocycles. The Hall–Kier alpha value is -2.26. The largest absolute Gasteiger partial charge is 0.489 e. The molecule has 0 bridgehead atoms. The number of amides is 1. The van der Waals surface area contributed by atoms with Gasteiger partial charge in [-0.1, -0.05) is 11.6 Å². The zero-order valence-corrected chi connectivity index (χ0v) is 19.3. The molecule has 1 aromatic carbocycles. The third-order valence-electron chi connectivity index (χ3n) is 6.33. The quantitative estimate of drug-likeness (QED) is 0.629. The van der Waals surface area contributed by atoms with Crippen molar-refractivity contribution in [1.82, 2.24) is 14.9 Å². The third-order valence-corrected chi connectivity index (χ3v) is 6.61. The fraction of sp³-hybridized carbons (Fsp3) is 0.565. The Balaban J connectivity index is 1.37. The lowest BCUT2D eigenvalue weighted by Crippen LogP contribution is -2.41. The molecule has 33 heavy (non-hydrogen) atoms. The first-order valence-electron chi connectivity index (χ1n) is 11.0. The summed E-state index contributed by atoms with van der Waals surface area (Å²) in [6.07, 6.45) is 1.34. The molecule has 1 amide bonds. The molecule has 1 fully saturated rings. The van der Waals surface area contributed by atoms with Gasteiger partial charge in [-0.3, -0.25) is 4.79 Å². The second-order valence-electron chi connectivity index (χ2n) is 9.30. The Morgan fingerprint density at radius 3 is 2.70 bits per heavy atom. The number of rotatable bonds is 5. The number of hydrogen-bond acceptors (Lipinski definition) is 4. The number of benzene rings is 1. The van der Waals surface area contributed by atoms with Gasteiger partial charge in [0.2, 0.25) is 0 Å². The van der Waals surface area contributed by atoms with Crippen molar-refractivity contribution in [3.8, 4) is 17.0 Å². The first kappa shape index (κ1) is 23.9. The minimum absolute atomic E-state index is 0.0765. The van der Waals surface area contributed by atoms with Gasteiger partial charge >= 0.3 is 6.18 Å². The second kappa shape index (κ2) is 9.18. The van der Waals surface area contributed by atoms with Crippen molar-refractivity contribution in [2.75, 3.05) is 13.2 Å². The maximum absolute atomic E-state index is 13.0. The van der Waals surface area contributed by atoms with Crippen molar-refractivity contribution in [3.63, 3.8) is 0 Å². The van der Waals surface area contributed by atoms with Crippen molar-refractivity contribution in [3.05, 3.63) is 35.2 Å². The van der Waals surface area contributed by atoms with Gasteiger partial charge in [-0.25, -0.2) is 4.98 Å².